The minimum absolute atomic E-state index is 0.110. The summed E-state index contributed by atoms with van der Waals surface area (Å²) in [4.78, 5) is 35.5. The lowest BCUT2D eigenvalue weighted by Crippen LogP contribution is -2.44. The van der Waals surface area contributed by atoms with Crippen LogP contribution in [0.15, 0.2) is 22.8 Å². The summed E-state index contributed by atoms with van der Waals surface area (Å²) in [5.41, 5.74) is 0. The van der Waals surface area contributed by atoms with Crippen LogP contribution in [0, 0.1) is 5.92 Å². The average Bonchev–Trinajstić information content (AvgIpc) is 3.09. The van der Waals surface area contributed by atoms with Crippen LogP contribution in [0.4, 0.5) is 0 Å². The summed E-state index contributed by atoms with van der Waals surface area (Å²) in [5, 5.41) is 5.36. The molecular formula is C17H24N2O5. The first-order chi connectivity index (χ1) is 11.5. The smallest absolute Gasteiger partial charge is 0.328 e. The predicted molar refractivity (Wildman–Crippen MR) is 86.2 cm³/mol. The second-order valence-corrected chi connectivity index (χ2v) is 6.22. The van der Waals surface area contributed by atoms with Crippen LogP contribution in [0.25, 0.3) is 0 Å². The van der Waals surface area contributed by atoms with E-state index in [1.165, 1.54) is 25.7 Å². The summed E-state index contributed by atoms with van der Waals surface area (Å²) in [5.74, 6) is -0.943. The molecule has 1 aliphatic carbocycles. The Hall–Kier alpha value is -2.31. The van der Waals surface area contributed by atoms with E-state index in [1.54, 1.807) is 6.07 Å². The zero-order valence-electron chi connectivity index (χ0n) is 14.0. The van der Waals surface area contributed by atoms with Crippen molar-refractivity contribution in [1.29, 1.82) is 0 Å². The largest absolute Gasteiger partial charge is 0.459 e. The van der Waals surface area contributed by atoms with Gasteiger partial charge in [-0.25, -0.2) is 4.79 Å². The molecule has 0 radical (unpaired) electrons. The lowest BCUT2D eigenvalue weighted by Gasteiger charge is -2.29. The molecule has 132 valence electrons. The van der Waals surface area contributed by atoms with Crippen molar-refractivity contribution in [2.24, 2.45) is 5.92 Å². The van der Waals surface area contributed by atoms with E-state index in [-0.39, 0.29) is 24.3 Å². The van der Waals surface area contributed by atoms with Gasteiger partial charge in [0.2, 0.25) is 0 Å². The first kappa shape index (κ1) is 18.0. The van der Waals surface area contributed by atoms with E-state index < -0.39 is 17.9 Å². The zero-order valence-corrected chi connectivity index (χ0v) is 14.0. The van der Waals surface area contributed by atoms with Crippen molar-refractivity contribution in [2.75, 3.05) is 6.61 Å². The predicted octanol–water partition coefficient (Wildman–Crippen LogP) is 1.64. The number of carbonyl (C=O) groups is 3. The molecule has 7 heteroatoms. The molecule has 0 aromatic carbocycles. The fourth-order valence-corrected chi connectivity index (χ4v) is 2.78. The molecular weight excluding hydrogens is 312 g/mol. The first-order valence-corrected chi connectivity index (χ1v) is 8.27. The van der Waals surface area contributed by atoms with Crippen LogP contribution in [-0.4, -0.2) is 36.5 Å². The van der Waals surface area contributed by atoms with Gasteiger partial charge in [0.15, 0.2) is 12.4 Å². The highest BCUT2D eigenvalue weighted by Gasteiger charge is 2.24. The Morgan fingerprint density at radius 3 is 2.75 bits per heavy atom. The maximum absolute atomic E-state index is 11.9. The van der Waals surface area contributed by atoms with Crippen molar-refractivity contribution in [2.45, 2.75) is 51.6 Å². The van der Waals surface area contributed by atoms with Crippen LogP contribution in [-0.2, 0) is 14.3 Å². The lowest BCUT2D eigenvalue weighted by molar-refractivity contribution is -0.150. The number of amides is 2. The van der Waals surface area contributed by atoms with Crippen LogP contribution < -0.4 is 10.6 Å². The van der Waals surface area contributed by atoms with E-state index in [4.69, 9.17) is 9.15 Å². The summed E-state index contributed by atoms with van der Waals surface area (Å²) in [6.07, 6.45) is 5.71. The second kappa shape index (κ2) is 8.52. The van der Waals surface area contributed by atoms with E-state index in [2.05, 4.69) is 17.6 Å². The van der Waals surface area contributed by atoms with Gasteiger partial charge in [0.25, 0.3) is 11.8 Å². The van der Waals surface area contributed by atoms with Crippen LogP contribution in [0.5, 0.6) is 0 Å². The van der Waals surface area contributed by atoms with Gasteiger partial charge in [-0.2, -0.15) is 0 Å². The Balaban J connectivity index is 1.71. The number of furan rings is 1. The van der Waals surface area contributed by atoms with Crippen molar-refractivity contribution in [3.05, 3.63) is 24.2 Å². The third-order valence-electron chi connectivity index (χ3n) is 4.25. The number of carbonyl (C=O) groups excluding carboxylic acids is 3. The molecule has 1 fully saturated rings. The van der Waals surface area contributed by atoms with Gasteiger partial charge in [-0.3, -0.25) is 9.59 Å². The highest BCUT2D eigenvalue weighted by molar-refractivity contribution is 5.94. The van der Waals surface area contributed by atoms with Gasteiger partial charge in [-0.15, -0.1) is 0 Å². The van der Waals surface area contributed by atoms with Crippen LogP contribution in [0.3, 0.4) is 0 Å². The second-order valence-electron chi connectivity index (χ2n) is 6.22. The van der Waals surface area contributed by atoms with E-state index in [1.807, 2.05) is 0 Å². The molecule has 0 spiro atoms. The maximum atomic E-state index is 11.9. The van der Waals surface area contributed by atoms with Crippen molar-refractivity contribution >= 4 is 17.8 Å². The van der Waals surface area contributed by atoms with Crippen molar-refractivity contribution in [3.63, 3.8) is 0 Å². The van der Waals surface area contributed by atoms with Crippen molar-refractivity contribution in [1.82, 2.24) is 10.6 Å². The van der Waals surface area contributed by atoms with E-state index in [0.717, 1.165) is 19.3 Å². The van der Waals surface area contributed by atoms with Crippen LogP contribution in [0.2, 0.25) is 0 Å². The normalized spacial score (nSPS) is 21.6. The minimum Gasteiger partial charge on any atom is -0.459 e. The Morgan fingerprint density at radius 1 is 1.33 bits per heavy atom. The highest BCUT2D eigenvalue weighted by atomic mass is 16.5. The number of hydrogen-bond acceptors (Lipinski definition) is 5. The average molecular weight is 336 g/mol. The number of rotatable bonds is 6. The van der Waals surface area contributed by atoms with E-state index in [9.17, 15) is 14.4 Å². The summed E-state index contributed by atoms with van der Waals surface area (Å²) >= 11 is 0. The molecule has 1 aromatic rings. The Kier molecular flexibility index (Phi) is 6.40. The molecule has 1 aromatic heterocycles. The molecule has 1 saturated carbocycles. The molecule has 7 nitrogen and oxygen atoms in total. The Labute approximate surface area is 141 Å². The number of hydrogen-bond donors (Lipinski definition) is 2. The fraction of sp³-hybridized carbons (Fsp3) is 0.588. The van der Waals surface area contributed by atoms with Crippen molar-refractivity contribution < 1.29 is 23.5 Å². The molecule has 0 bridgehead atoms. The maximum Gasteiger partial charge on any atom is 0.328 e. The first-order valence-electron chi connectivity index (χ1n) is 8.27. The molecule has 0 aliphatic heterocycles. The number of nitrogens with one attached hydrogen (secondary N) is 2. The van der Waals surface area contributed by atoms with Gasteiger partial charge < -0.3 is 19.8 Å². The van der Waals surface area contributed by atoms with Gasteiger partial charge in [0.05, 0.1) is 6.26 Å². The third kappa shape index (κ3) is 5.11. The minimum atomic E-state index is -0.871. The molecule has 1 aliphatic rings. The quantitative estimate of drug-likeness (QED) is 0.770. The van der Waals surface area contributed by atoms with Gasteiger partial charge in [0, 0.05) is 6.04 Å². The molecule has 2 N–H and O–H groups in total. The monoisotopic (exact) mass is 336 g/mol. The highest BCUT2D eigenvalue weighted by Crippen LogP contribution is 2.23. The summed E-state index contributed by atoms with van der Waals surface area (Å²) in [6.45, 7) is 3.26. The van der Waals surface area contributed by atoms with Gasteiger partial charge >= 0.3 is 5.97 Å². The van der Waals surface area contributed by atoms with Gasteiger partial charge in [-0.1, -0.05) is 19.8 Å². The fourth-order valence-electron chi connectivity index (χ4n) is 2.78. The Morgan fingerprint density at radius 2 is 2.08 bits per heavy atom. The summed E-state index contributed by atoms with van der Waals surface area (Å²) in [6, 6.07) is 2.34. The van der Waals surface area contributed by atoms with Crippen molar-refractivity contribution in [3.8, 4) is 0 Å². The molecule has 0 saturated heterocycles. The van der Waals surface area contributed by atoms with Gasteiger partial charge in [0.1, 0.15) is 6.04 Å². The van der Waals surface area contributed by atoms with Gasteiger partial charge in [-0.05, 0) is 37.8 Å². The molecule has 2 amide bonds. The SMILES string of the molecule is C[C@H](NC(=O)c1ccco1)C(=O)OCC(=O)N[C@@H]1CCCC[C@H]1C. The summed E-state index contributed by atoms with van der Waals surface area (Å²) < 4.78 is 9.90. The molecule has 3 atom stereocenters. The molecule has 2 rings (SSSR count). The van der Waals surface area contributed by atoms with Crippen LogP contribution in [0.1, 0.15) is 50.1 Å². The van der Waals surface area contributed by atoms with Crippen LogP contribution >= 0.6 is 0 Å². The molecule has 0 unspecified atom stereocenters. The van der Waals surface area contributed by atoms with E-state index in [0.29, 0.717) is 5.92 Å². The molecule has 1 heterocycles. The standard InChI is InChI=1S/C17H24N2O5/c1-11-6-3-4-7-13(11)19-15(20)10-24-17(22)12(2)18-16(21)14-8-5-9-23-14/h5,8-9,11-13H,3-4,6-7,10H2,1-2H3,(H,18,21)(H,19,20)/t11-,12+,13-/m1/s1. The lowest BCUT2D eigenvalue weighted by atomic mass is 9.86. The number of ether oxygens (including phenoxy) is 1. The summed E-state index contributed by atoms with van der Waals surface area (Å²) in [7, 11) is 0. The zero-order chi connectivity index (χ0) is 17.5. The third-order valence-corrected chi connectivity index (χ3v) is 4.25. The number of esters is 1. The topological polar surface area (TPSA) is 97.6 Å². The molecule has 24 heavy (non-hydrogen) atoms. The Bertz CT molecular complexity index is 570. The van der Waals surface area contributed by atoms with E-state index >= 15 is 0 Å².